The van der Waals surface area contributed by atoms with E-state index in [1.165, 1.54) is 29.3 Å². The number of anilines is 1. The second-order valence-electron chi connectivity index (χ2n) is 7.08. The number of aromatic nitrogens is 2. The van der Waals surface area contributed by atoms with Gasteiger partial charge < -0.3 is 14.8 Å². The molecule has 0 aliphatic rings. The van der Waals surface area contributed by atoms with Gasteiger partial charge in [0, 0.05) is 16.6 Å². The highest BCUT2D eigenvalue weighted by atomic mass is 32.1. The van der Waals surface area contributed by atoms with Crippen molar-refractivity contribution in [1.29, 1.82) is 0 Å². The van der Waals surface area contributed by atoms with Crippen LogP contribution in [-0.4, -0.2) is 35.1 Å². The first-order chi connectivity index (χ1) is 16.0. The fourth-order valence-corrected chi connectivity index (χ4v) is 4.26. The molecule has 168 valence electrons. The second kappa shape index (κ2) is 9.66. The average Bonchev–Trinajstić information content (AvgIpc) is 3.26. The Morgan fingerprint density at radius 1 is 1.09 bits per heavy atom. The highest BCUT2D eigenvalue weighted by Crippen LogP contribution is 2.31. The number of methoxy groups -OCH3 is 1. The van der Waals surface area contributed by atoms with Crippen molar-refractivity contribution in [2.24, 2.45) is 0 Å². The van der Waals surface area contributed by atoms with Crippen molar-refractivity contribution in [1.82, 2.24) is 9.55 Å². The minimum Gasteiger partial charge on any atom is -0.494 e. The summed E-state index contributed by atoms with van der Waals surface area (Å²) in [6.07, 6.45) is 1.38. The molecule has 0 saturated carbocycles. The molecule has 0 radical (unpaired) electrons. The van der Waals surface area contributed by atoms with Crippen molar-refractivity contribution in [2.45, 2.75) is 13.5 Å². The van der Waals surface area contributed by atoms with Crippen molar-refractivity contribution in [3.63, 3.8) is 0 Å². The van der Waals surface area contributed by atoms with Crippen LogP contribution in [0, 0.1) is 0 Å². The summed E-state index contributed by atoms with van der Waals surface area (Å²) in [7, 11) is 1.30. The Bertz CT molecular complexity index is 1360. The van der Waals surface area contributed by atoms with Crippen LogP contribution in [0.5, 0.6) is 5.75 Å². The molecule has 0 aliphatic heterocycles. The summed E-state index contributed by atoms with van der Waals surface area (Å²) in [5.74, 6) is -0.0903. The van der Waals surface area contributed by atoms with E-state index in [1.807, 2.05) is 36.6 Å². The van der Waals surface area contributed by atoms with Crippen LogP contribution in [0.1, 0.15) is 17.3 Å². The summed E-state index contributed by atoms with van der Waals surface area (Å²) in [6.45, 7) is 2.30. The van der Waals surface area contributed by atoms with Crippen molar-refractivity contribution >= 4 is 39.1 Å². The molecule has 2 aromatic carbocycles. The summed E-state index contributed by atoms with van der Waals surface area (Å²) in [5, 5.41) is 5.08. The number of benzene rings is 2. The molecule has 2 aromatic heterocycles. The molecule has 0 saturated heterocycles. The fourth-order valence-electron chi connectivity index (χ4n) is 3.35. The number of fused-ring (bicyclic) bond motifs is 1. The minimum absolute atomic E-state index is 0.195. The first kappa shape index (κ1) is 22.2. The molecule has 8 nitrogen and oxygen atoms in total. The van der Waals surface area contributed by atoms with E-state index in [4.69, 9.17) is 4.74 Å². The third-order valence-corrected chi connectivity index (χ3v) is 5.83. The molecule has 0 spiro atoms. The monoisotopic (exact) mass is 463 g/mol. The van der Waals surface area contributed by atoms with Gasteiger partial charge in [0.25, 0.3) is 5.56 Å². The van der Waals surface area contributed by atoms with Crippen LogP contribution < -0.4 is 15.6 Å². The number of amides is 1. The first-order valence-electron chi connectivity index (χ1n) is 10.2. The van der Waals surface area contributed by atoms with Gasteiger partial charge in [0.05, 0.1) is 31.0 Å². The largest absolute Gasteiger partial charge is 0.494 e. The highest BCUT2D eigenvalue weighted by molar-refractivity contribution is 7.17. The zero-order valence-electron chi connectivity index (χ0n) is 18.0. The zero-order chi connectivity index (χ0) is 23.4. The smallest absolute Gasteiger partial charge is 0.337 e. The number of hydrogen-bond donors (Lipinski definition) is 1. The Morgan fingerprint density at radius 2 is 1.82 bits per heavy atom. The lowest BCUT2D eigenvalue weighted by Crippen LogP contribution is -2.27. The highest BCUT2D eigenvalue weighted by Gasteiger charge is 2.15. The van der Waals surface area contributed by atoms with Crippen LogP contribution in [-0.2, 0) is 16.1 Å². The molecule has 0 unspecified atom stereocenters. The summed E-state index contributed by atoms with van der Waals surface area (Å²) in [5.41, 5.74) is 2.22. The number of nitrogens with one attached hydrogen (secondary N) is 1. The summed E-state index contributed by atoms with van der Waals surface area (Å²) in [6, 6.07) is 13.8. The van der Waals surface area contributed by atoms with Crippen LogP contribution in [0.25, 0.3) is 21.3 Å². The number of rotatable bonds is 7. The van der Waals surface area contributed by atoms with E-state index >= 15 is 0 Å². The van der Waals surface area contributed by atoms with E-state index in [-0.39, 0.29) is 18.0 Å². The molecule has 2 heterocycles. The molecule has 1 amide bonds. The number of carbonyl (C=O) groups is 2. The summed E-state index contributed by atoms with van der Waals surface area (Å²) in [4.78, 5) is 42.2. The number of ether oxygens (including phenoxy) is 2. The molecule has 4 rings (SSSR count). The van der Waals surface area contributed by atoms with Crippen molar-refractivity contribution in [3.8, 4) is 16.9 Å². The van der Waals surface area contributed by atoms with Crippen LogP contribution in [0.15, 0.2) is 65.0 Å². The predicted molar refractivity (Wildman–Crippen MR) is 127 cm³/mol. The van der Waals surface area contributed by atoms with E-state index in [2.05, 4.69) is 15.0 Å². The maximum atomic E-state index is 13.2. The third-order valence-electron chi connectivity index (χ3n) is 4.94. The SMILES string of the molecule is CCOc1ccc(-c2csc3ncn(CC(=O)Nc4ccc(C(=O)OC)cc4)c(=O)c23)cc1. The summed E-state index contributed by atoms with van der Waals surface area (Å²) < 4.78 is 11.4. The van der Waals surface area contributed by atoms with Gasteiger partial charge in [-0.2, -0.15) is 0 Å². The zero-order valence-corrected chi connectivity index (χ0v) is 18.8. The van der Waals surface area contributed by atoms with E-state index in [0.717, 1.165) is 16.9 Å². The third kappa shape index (κ3) is 4.78. The Kier molecular flexibility index (Phi) is 6.50. The number of hydrogen-bond acceptors (Lipinski definition) is 7. The van der Waals surface area contributed by atoms with E-state index in [0.29, 0.717) is 28.1 Å². The normalized spacial score (nSPS) is 10.7. The van der Waals surface area contributed by atoms with E-state index in [9.17, 15) is 14.4 Å². The van der Waals surface area contributed by atoms with Gasteiger partial charge in [-0.25, -0.2) is 9.78 Å². The maximum absolute atomic E-state index is 13.2. The standard InChI is InChI=1S/C24H21N3O5S/c1-3-32-18-10-6-15(7-11-18)19-13-33-22-21(19)23(29)27(14-25-22)12-20(28)26-17-8-4-16(5-9-17)24(30)31-2/h4-11,13-14H,3,12H2,1-2H3,(H,26,28). The van der Waals surface area contributed by atoms with Crippen LogP contribution >= 0.6 is 11.3 Å². The van der Waals surface area contributed by atoms with Gasteiger partial charge in [-0.15, -0.1) is 11.3 Å². The topological polar surface area (TPSA) is 99.5 Å². The van der Waals surface area contributed by atoms with Crippen molar-refractivity contribution in [2.75, 3.05) is 19.0 Å². The Labute approximate surface area is 193 Å². The van der Waals surface area contributed by atoms with Crippen LogP contribution in [0.2, 0.25) is 0 Å². The van der Waals surface area contributed by atoms with Gasteiger partial charge in [-0.05, 0) is 48.9 Å². The molecule has 0 aliphatic carbocycles. The second-order valence-corrected chi connectivity index (χ2v) is 7.94. The lowest BCUT2D eigenvalue weighted by Gasteiger charge is -2.09. The summed E-state index contributed by atoms with van der Waals surface area (Å²) >= 11 is 1.38. The van der Waals surface area contributed by atoms with Crippen molar-refractivity contribution in [3.05, 3.63) is 76.2 Å². The molecule has 9 heteroatoms. The molecular weight excluding hydrogens is 442 g/mol. The van der Waals surface area contributed by atoms with Gasteiger partial charge in [0.2, 0.25) is 5.91 Å². The molecule has 1 N–H and O–H groups in total. The van der Waals surface area contributed by atoms with Gasteiger partial charge in [-0.3, -0.25) is 14.2 Å². The fraction of sp³-hybridized carbons (Fsp3) is 0.167. The van der Waals surface area contributed by atoms with Crippen LogP contribution in [0.4, 0.5) is 5.69 Å². The molecule has 33 heavy (non-hydrogen) atoms. The molecular formula is C24H21N3O5S. The van der Waals surface area contributed by atoms with Gasteiger partial charge in [0.1, 0.15) is 17.1 Å². The molecule has 0 bridgehead atoms. The number of nitrogens with zero attached hydrogens (tertiary/aromatic N) is 2. The Hall–Kier alpha value is -3.98. The first-order valence-corrected chi connectivity index (χ1v) is 11.1. The number of carbonyl (C=O) groups excluding carboxylic acids is 2. The Balaban J connectivity index is 1.55. The Morgan fingerprint density at radius 3 is 2.48 bits per heavy atom. The molecule has 0 fully saturated rings. The quantitative estimate of drug-likeness (QED) is 0.417. The van der Waals surface area contributed by atoms with E-state index < -0.39 is 5.97 Å². The van der Waals surface area contributed by atoms with Gasteiger partial charge in [0.15, 0.2) is 0 Å². The average molecular weight is 464 g/mol. The molecule has 4 aromatic rings. The van der Waals surface area contributed by atoms with Crippen molar-refractivity contribution < 1.29 is 19.1 Å². The predicted octanol–water partition coefficient (Wildman–Crippen LogP) is 3.95. The number of thiophene rings is 1. The van der Waals surface area contributed by atoms with Gasteiger partial charge >= 0.3 is 5.97 Å². The van der Waals surface area contributed by atoms with E-state index in [1.54, 1.807) is 24.3 Å². The minimum atomic E-state index is -0.460. The molecule has 0 atom stereocenters. The van der Waals surface area contributed by atoms with Crippen LogP contribution in [0.3, 0.4) is 0 Å². The lowest BCUT2D eigenvalue weighted by atomic mass is 10.1. The number of esters is 1. The van der Waals surface area contributed by atoms with Gasteiger partial charge in [-0.1, -0.05) is 12.1 Å². The lowest BCUT2D eigenvalue weighted by molar-refractivity contribution is -0.116. The maximum Gasteiger partial charge on any atom is 0.337 e.